The van der Waals surface area contributed by atoms with Crippen LogP contribution >= 0.6 is 15.9 Å². The predicted molar refractivity (Wildman–Crippen MR) is 109 cm³/mol. The molecule has 1 amide bonds. The number of carbonyl (C=O) groups is 1. The summed E-state index contributed by atoms with van der Waals surface area (Å²) < 4.78 is 6.26. The maximum Gasteiger partial charge on any atom is 0.255 e. The molecule has 5 nitrogen and oxygen atoms in total. The van der Waals surface area contributed by atoms with Crippen LogP contribution < -0.4 is 19.9 Å². The lowest BCUT2D eigenvalue weighted by Gasteiger charge is -2.31. The fraction of sp³-hybridized carbons (Fsp3) is 0.350. The van der Waals surface area contributed by atoms with E-state index in [1.165, 1.54) is 5.69 Å². The molecule has 26 heavy (non-hydrogen) atoms. The molecule has 0 unspecified atom stereocenters. The highest BCUT2D eigenvalue weighted by atomic mass is 79.9. The van der Waals surface area contributed by atoms with Gasteiger partial charge in [0.15, 0.2) is 0 Å². The van der Waals surface area contributed by atoms with Crippen LogP contribution in [-0.4, -0.2) is 45.7 Å². The third-order valence-corrected chi connectivity index (χ3v) is 5.22. The zero-order chi connectivity index (χ0) is 18.5. The Hall–Kier alpha value is -2.05. The van der Waals surface area contributed by atoms with Gasteiger partial charge in [-0.15, -0.1) is 0 Å². The molecule has 0 atom stereocenters. The van der Waals surface area contributed by atoms with E-state index in [0.29, 0.717) is 12.2 Å². The Balaban J connectivity index is 1.63. The smallest absolute Gasteiger partial charge is 0.255 e. The highest BCUT2D eigenvalue weighted by Gasteiger charge is 2.17. The lowest BCUT2D eigenvalue weighted by atomic mass is 10.2. The molecule has 1 fully saturated rings. The first-order valence-corrected chi connectivity index (χ1v) is 9.76. The van der Waals surface area contributed by atoms with Gasteiger partial charge in [0.25, 0.3) is 5.91 Å². The number of piperazine rings is 1. The fourth-order valence-corrected chi connectivity index (χ4v) is 3.51. The third-order valence-electron chi connectivity index (χ3n) is 4.60. The van der Waals surface area contributed by atoms with Gasteiger partial charge in [0.05, 0.1) is 44.3 Å². The van der Waals surface area contributed by atoms with Gasteiger partial charge >= 0.3 is 0 Å². The van der Waals surface area contributed by atoms with Gasteiger partial charge in [0.1, 0.15) is 5.75 Å². The van der Waals surface area contributed by atoms with Gasteiger partial charge in [-0.2, -0.15) is 0 Å². The van der Waals surface area contributed by atoms with Crippen LogP contribution in [0.2, 0.25) is 0 Å². The summed E-state index contributed by atoms with van der Waals surface area (Å²) in [6.45, 7) is 6.97. The number of carbonyl (C=O) groups excluding carboxylic acids is 1. The van der Waals surface area contributed by atoms with Crippen LogP contribution in [0.3, 0.4) is 0 Å². The second-order valence-electron chi connectivity index (χ2n) is 6.52. The van der Waals surface area contributed by atoms with Crippen LogP contribution in [0.1, 0.15) is 17.3 Å². The number of nitrogens with one attached hydrogen (secondary N) is 2. The lowest BCUT2D eigenvalue weighted by Crippen LogP contribution is -3.12. The van der Waals surface area contributed by atoms with Gasteiger partial charge in [-0.3, -0.25) is 4.79 Å². The van der Waals surface area contributed by atoms with Gasteiger partial charge in [0.2, 0.25) is 0 Å². The molecule has 1 aliphatic heterocycles. The van der Waals surface area contributed by atoms with Gasteiger partial charge in [-0.25, -0.2) is 0 Å². The summed E-state index contributed by atoms with van der Waals surface area (Å²) in [6, 6.07) is 13.4. The SMILES string of the molecule is CCOc1ccc(C(=O)Nc2ccc(N3CC[NH+](C)CC3)cc2)cc1Br. The molecule has 1 heterocycles. The summed E-state index contributed by atoms with van der Waals surface area (Å²) in [5.74, 6) is 0.604. The van der Waals surface area contributed by atoms with E-state index < -0.39 is 0 Å². The van der Waals surface area contributed by atoms with Crippen molar-refractivity contribution >= 4 is 33.2 Å². The third kappa shape index (κ3) is 4.56. The Kier molecular flexibility index (Phi) is 6.16. The lowest BCUT2D eigenvalue weighted by molar-refractivity contribution is -0.880. The van der Waals surface area contributed by atoms with Gasteiger partial charge < -0.3 is 19.9 Å². The van der Waals surface area contributed by atoms with E-state index in [1.807, 2.05) is 19.1 Å². The predicted octanol–water partition coefficient (Wildman–Crippen LogP) is 2.43. The van der Waals surface area contributed by atoms with Crippen molar-refractivity contribution in [2.24, 2.45) is 0 Å². The molecule has 2 aromatic carbocycles. The quantitative estimate of drug-likeness (QED) is 0.783. The standard InChI is InChI=1S/C20H24BrN3O2/c1-3-26-19-9-4-15(14-18(19)21)20(25)22-16-5-7-17(8-6-16)24-12-10-23(2)11-13-24/h4-9,14H,3,10-13H2,1-2H3,(H,22,25)/p+1. The number of anilines is 2. The number of ether oxygens (including phenoxy) is 1. The van der Waals surface area contributed by atoms with Crippen LogP contribution in [0.5, 0.6) is 5.75 Å². The molecule has 0 aromatic heterocycles. The first kappa shape index (κ1) is 18.7. The van der Waals surface area contributed by atoms with E-state index >= 15 is 0 Å². The number of hydrogen-bond donors (Lipinski definition) is 2. The minimum atomic E-state index is -0.135. The zero-order valence-corrected chi connectivity index (χ0v) is 16.8. The monoisotopic (exact) mass is 418 g/mol. The summed E-state index contributed by atoms with van der Waals surface area (Å²) in [5.41, 5.74) is 2.59. The average Bonchev–Trinajstić information content (AvgIpc) is 2.65. The van der Waals surface area contributed by atoms with Crippen molar-refractivity contribution in [2.75, 3.05) is 50.1 Å². The molecule has 0 bridgehead atoms. The molecular weight excluding hydrogens is 394 g/mol. The van der Waals surface area contributed by atoms with Crippen molar-refractivity contribution in [2.45, 2.75) is 6.92 Å². The zero-order valence-electron chi connectivity index (χ0n) is 15.2. The van der Waals surface area contributed by atoms with Crippen molar-refractivity contribution in [3.05, 3.63) is 52.5 Å². The molecule has 0 aliphatic carbocycles. The molecule has 2 aromatic rings. The van der Waals surface area contributed by atoms with E-state index in [2.05, 4.69) is 45.3 Å². The summed E-state index contributed by atoms with van der Waals surface area (Å²) >= 11 is 3.45. The number of amides is 1. The Labute approximate surface area is 163 Å². The van der Waals surface area contributed by atoms with E-state index in [9.17, 15) is 4.79 Å². The van der Waals surface area contributed by atoms with E-state index in [1.54, 1.807) is 23.1 Å². The highest BCUT2D eigenvalue weighted by Crippen LogP contribution is 2.26. The number of halogens is 1. The molecule has 1 saturated heterocycles. The Morgan fingerprint density at radius 2 is 1.88 bits per heavy atom. The van der Waals surface area contributed by atoms with E-state index in [4.69, 9.17) is 4.74 Å². The minimum absolute atomic E-state index is 0.135. The molecule has 0 saturated carbocycles. The summed E-state index contributed by atoms with van der Waals surface area (Å²) in [5, 5.41) is 2.95. The maximum absolute atomic E-state index is 12.5. The summed E-state index contributed by atoms with van der Waals surface area (Å²) in [4.78, 5) is 16.4. The maximum atomic E-state index is 12.5. The number of rotatable bonds is 5. The summed E-state index contributed by atoms with van der Waals surface area (Å²) in [6.07, 6.45) is 0. The normalized spacial score (nSPS) is 15.0. The Bertz CT molecular complexity index is 756. The molecule has 3 rings (SSSR count). The second kappa shape index (κ2) is 8.56. The number of quaternary nitrogens is 1. The highest BCUT2D eigenvalue weighted by molar-refractivity contribution is 9.10. The van der Waals surface area contributed by atoms with Gasteiger partial charge in [0, 0.05) is 16.9 Å². The van der Waals surface area contributed by atoms with Gasteiger partial charge in [-0.1, -0.05) is 0 Å². The van der Waals surface area contributed by atoms with Gasteiger partial charge in [-0.05, 0) is 65.3 Å². The minimum Gasteiger partial charge on any atom is -0.493 e. The number of hydrogen-bond acceptors (Lipinski definition) is 3. The first-order valence-electron chi connectivity index (χ1n) is 8.97. The molecule has 0 radical (unpaired) electrons. The van der Waals surface area contributed by atoms with Crippen molar-refractivity contribution in [3.8, 4) is 5.75 Å². The fourth-order valence-electron chi connectivity index (χ4n) is 3.02. The van der Waals surface area contributed by atoms with Crippen molar-refractivity contribution < 1.29 is 14.4 Å². The number of likely N-dealkylation sites (N-methyl/N-ethyl adjacent to an activating group) is 1. The Morgan fingerprint density at radius 1 is 1.19 bits per heavy atom. The van der Waals surface area contributed by atoms with Crippen LogP contribution in [0.15, 0.2) is 46.9 Å². The molecule has 0 spiro atoms. The second-order valence-corrected chi connectivity index (χ2v) is 7.38. The van der Waals surface area contributed by atoms with Crippen LogP contribution in [0.25, 0.3) is 0 Å². The van der Waals surface area contributed by atoms with Crippen molar-refractivity contribution in [1.82, 2.24) is 0 Å². The van der Waals surface area contributed by atoms with E-state index in [0.717, 1.165) is 42.1 Å². The Morgan fingerprint density at radius 3 is 2.50 bits per heavy atom. The molecule has 6 heteroatoms. The average molecular weight is 419 g/mol. The van der Waals surface area contributed by atoms with E-state index in [-0.39, 0.29) is 5.91 Å². The van der Waals surface area contributed by atoms with Crippen molar-refractivity contribution in [3.63, 3.8) is 0 Å². The van der Waals surface area contributed by atoms with Crippen LogP contribution in [0, 0.1) is 0 Å². The molecule has 138 valence electrons. The van der Waals surface area contributed by atoms with Crippen LogP contribution in [-0.2, 0) is 0 Å². The van der Waals surface area contributed by atoms with Crippen molar-refractivity contribution in [1.29, 1.82) is 0 Å². The largest absolute Gasteiger partial charge is 0.493 e. The molecular formula is C20H25BrN3O2+. The first-order chi connectivity index (χ1) is 12.6. The number of benzene rings is 2. The molecule has 1 aliphatic rings. The summed E-state index contributed by atoms with van der Waals surface area (Å²) in [7, 11) is 2.23. The topological polar surface area (TPSA) is 46.0 Å². The van der Waals surface area contributed by atoms with Crippen LogP contribution in [0.4, 0.5) is 11.4 Å². The molecule has 2 N–H and O–H groups in total. The number of nitrogens with zero attached hydrogens (tertiary/aromatic N) is 1.